The van der Waals surface area contributed by atoms with Gasteiger partial charge < -0.3 is 5.32 Å². The number of anilines is 1. The summed E-state index contributed by atoms with van der Waals surface area (Å²) in [6.45, 7) is 2.50. The van der Waals surface area contributed by atoms with Gasteiger partial charge in [0.15, 0.2) is 0 Å². The third kappa shape index (κ3) is 3.61. The van der Waals surface area contributed by atoms with Crippen LogP contribution < -0.4 is 10.0 Å². The molecule has 112 valence electrons. The van der Waals surface area contributed by atoms with E-state index in [4.69, 9.17) is 0 Å². The first-order chi connectivity index (χ1) is 10.0. The zero-order valence-corrected chi connectivity index (χ0v) is 13.3. The summed E-state index contributed by atoms with van der Waals surface area (Å²) < 4.78 is 27.7. The average molecular weight is 323 g/mol. The Balaban J connectivity index is 1.73. The van der Waals surface area contributed by atoms with E-state index < -0.39 is 10.0 Å². The molecule has 1 saturated carbocycles. The number of aromatic nitrogens is 1. The smallest absolute Gasteiger partial charge is 0.271 e. The van der Waals surface area contributed by atoms with E-state index in [2.05, 4.69) is 15.0 Å². The quantitative estimate of drug-likeness (QED) is 0.857. The minimum Gasteiger partial charge on any atom is -0.310 e. The summed E-state index contributed by atoms with van der Waals surface area (Å²) in [5.74, 6) is 0. The highest BCUT2D eigenvalue weighted by Gasteiger charge is 2.21. The number of sulfonamides is 1. The van der Waals surface area contributed by atoms with Crippen LogP contribution in [0.3, 0.4) is 0 Å². The molecule has 5 nitrogen and oxygen atoms in total. The van der Waals surface area contributed by atoms with E-state index in [1.807, 2.05) is 5.38 Å². The largest absolute Gasteiger partial charge is 0.310 e. The highest BCUT2D eigenvalue weighted by atomic mass is 32.2. The van der Waals surface area contributed by atoms with E-state index in [0.717, 1.165) is 12.1 Å². The van der Waals surface area contributed by atoms with Gasteiger partial charge in [-0.1, -0.05) is 0 Å². The van der Waals surface area contributed by atoms with Crippen LogP contribution in [-0.2, 0) is 16.6 Å². The van der Waals surface area contributed by atoms with Gasteiger partial charge in [0.05, 0.1) is 11.4 Å². The van der Waals surface area contributed by atoms with E-state index in [9.17, 15) is 8.42 Å². The first-order valence-electron chi connectivity index (χ1n) is 6.80. The van der Waals surface area contributed by atoms with Crippen LogP contribution in [0.4, 0.5) is 5.69 Å². The summed E-state index contributed by atoms with van der Waals surface area (Å²) in [6.07, 6.45) is 4.08. The molecule has 0 amide bonds. The number of rotatable bonds is 6. The molecule has 2 heterocycles. The van der Waals surface area contributed by atoms with Crippen molar-refractivity contribution in [3.8, 4) is 0 Å². The summed E-state index contributed by atoms with van der Waals surface area (Å²) >= 11 is 1.24. The molecule has 21 heavy (non-hydrogen) atoms. The second-order valence-electron chi connectivity index (χ2n) is 5.17. The fourth-order valence-corrected chi connectivity index (χ4v) is 4.25. The normalized spacial score (nSPS) is 15.1. The lowest BCUT2D eigenvalue weighted by Crippen LogP contribution is -2.15. The third-order valence-corrected chi connectivity index (χ3v) is 6.17. The molecule has 0 saturated heterocycles. The summed E-state index contributed by atoms with van der Waals surface area (Å²) in [5, 5.41) is 5.27. The molecule has 1 aliphatic carbocycles. The maximum Gasteiger partial charge on any atom is 0.271 e. The van der Waals surface area contributed by atoms with Crippen LogP contribution in [0.25, 0.3) is 0 Å². The summed E-state index contributed by atoms with van der Waals surface area (Å²) in [7, 11) is -3.54. The Kier molecular flexibility index (Phi) is 3.97. The number of pyridine rings is 1. The topological polar surface area (TPSA) is 71.1 Å². The fourth-order valence-electron chi connectivity index (χ4n) is 1.92. The van der Waals surface area contributed by atoms with Gasteiger partial charge in [-0.05, 0) is 48.9 Å². The van der Waals surface area contributed by atoms with Crippen LogP contribution in [0, 0.1) is 6.92 Å². The van der Waals surface area contributed by atoms with E-state index in [1.54, 1.807) is 31.3 Å². The molecule has 2 N–H and O–H groups in total. The molecule has 3 rings (SSSR count). The molecule has 0 aromatic carbocycles. The van der Waals surface area contributed by atoms with Gasteiger partial charge in [0.2, 0.25) is 0 Å². The molecule has 2 aromatic heterocycles. The second kappa shape index (κ2) is 5.75. The van der Waals surface area contributed by atoms with E-state index in [-0.39, 0.29) is 0 Å². The van der Waals surface area contributed by atoms with Crippen LogP contribution >= 0.6 is 11.3 Å². The summed E-state index contributed by atoms with van der Waals surface area (Å²) in [5.41, 5.74) is 2.19. The first-order valence-corrected chi connectivity index (χ1v) is 9.16. The molecule has 0 atom stereocenters. The lowest BCUT2D eigenvalue weighted by atomic mass is 10.3. The van der Waals surface area contributed by atoms with Crippen LogP contribution in [0.15, 0.2) is 34.0 Å². The van der Waals surface area contributed by atoms with E-state index in [0.29, 0.717) is 21.6 Å². The second-order valence-corrected chi connectivity index (χ2v) is 7.99. The Labute approximate surface area is 128 Å². The van der Waals surface area contributed by atoms with Gasteiger partial charge >= 0.3 is 0 Å². The fraction of sp³-hybridized carbons (Fsp3) is 0.357. The van der Waals surface area contributed by atoms with Gasteiger partial charge in [0, 0.05) is 18.8 Å². The molecule has 0 unspecified atom stereocenters. The molecule has 7 heteroatoms. The lowest BCUT2D eigenvalue weighted by Gasteiger charge is -2.07. The SMILES string of the molecule is Cc1ncccc1NS(=O)(=O)c1cc(CNC2CC2)cs1. The molecule has 0 bridgehead atoms. The van der Waals surface area contributed by atoms with Gasteiger partial charge in [-0.2, -0.15) is 0 Å². The Morgan fingerprint density at radius 2 is 2.24 bits per heavy atom. The van der Waals surface area contributed by atoms with Crippen molar-refractivity contribution in [3.05, 3.63) is 41.0 Å². The summed E-state index contributed by atoms with van der Waals surface area (Å²) in [6, 6.07) is 5.77. The predicted molar refractivity (Wildman–Crippen MR) is 84.0 cm³/mol. The Hall–Kier alpha value is -1.44. The zero-order chi connectivity index (χ0) is 14.9. The van der Waals surface area contributed by atoms with Crippen LogP contribution in [0.2, 0.25) is 0 Å². The molecule has 1 fully saturated rings. The lowest BCUT2D eigenvalue weighted by molar-refractivity contribution is 0.603. The number of hydrogen-bond donors (Lipinski definition) is 2. The molecule has 1 aliphatic rings. The molecular formula is C14H17N3O2S2. The molecule has 0 aliphatic heterocycles. The Morgan fingerprint density at radius 3 is 2.95 bits per heavy atom. The zero-order valence-electron chi connectivity index (χ0n) is 11.7. The molecule has 0 radical (unpaired) electrons. The highest BCUT2D eigenvalue weighted by Crippen LogP contribution is 2.25. The van der Waals surface area contributed by atoms with Crippen molar-refractivity contribution in [3.63, 3.8) is 0 Å². The van der Waals surface area contributed by atoms with Crippen LogP contribution in [0.5, 0.6) is 0 Å². The molecule has 0 spiro atoms. The third-order valence-electron chi connectivity index (χ3n) is 3.32. The van der Waals surface area contributed by atoms with Crippen molar-refractivity contribution in [2.45, 2.75) is 36.6 Å². The number of nitrogens with zero attached hydrogens (tertiary/aromatic N) is 1. The van der Waals surface area contributed by atoms with Crippen molar-refractivity contribution in [1.29, 1.82) is 0 Å². The number of nitrogens with one attached hydrogen (secondary N) is 2. The Morgan fingerprint density at radius 1 is 1.43 bits per heavy atom. The van der Waals surface area contributed by atoms with Gasteiger partial charge in [0.25, 0.3) is 10.0 Å². The van der Waals surface area contributed by atoms with E-state index in [1.165, 1.54) is 24.2 Å². The van der Waals surface area contributed by atoms with Gasteiger partial charge in [-0.3, -0.25) is 9.71 Å². The van der Waals surface area contributed by atoms with Gasteiger partial charge in [0.1, 0.15) is 4.21 Å². The maximum absolute atomic E-state index is 12.4. The number of thiophene rings is 1. The first kappa shape index (κ1) is 14.5. The molecular weight excluding hydrogens is 306 g/mol. The van der Waals surface area contributed by atoms with Crippen molar-refractivity contribution in [2.75, 3.05) is 4.72 Å². The van der Waals surface area contributed by atoms with E-state index >= 15 is 0 Å². The monoisotopic (exact) mass is 323 g/mol. The van der Waals surface area contributed by atoms with Crippen molar-refractivity contribution < 1.29 is 8.42 Å². The summed E-state index contributed by atoms with van der Waals surface area (Å²) in [4.78, 5) is 4.08. The Bertz CT molecular complexity index is 736. The van der Waals surface area contributed by atoms with Crippen molar-refractivity contribution >= 4 is 27.0 Å². The standard InChI is InChI=1S/C14H17N3O2S2/c1-10-13(3-2-6-15-10)17-21(18,19)14-7-11(9-20-14)8-16-12-4-5-12/h2-3,6-7,9,12,16-17H,4-5,8H2,1H3. The van der Waals surface area contributed by atoms with Crippen molar-refractivity contribution in [2.24, 2.45) is 0 Å². The minimum atomic E-state index is -3.54. The highest BCUT2D eigenvalue weighted by molar-refractivity contribution is 7.94. The van der Waals surface area contributed by atoms with Crippen molar-refractivity contribution in [1.82, 2.24) is 10.3 Å². The minimum absolute atomic E-state index is 0.332. The van der Waals surface area contributed by atoms with Gasteiger partial charge in [-0.15, -0.1) is 11.3 Å². The maximum atomic E-state index is 12.4. The van der Waals surface area contributed by atoms with Crippen LogP contribution in [0.1, 0.15) is 24.1 Å². The average Bonchev–Trinajstić information content (AvgIpc) is 3.15. The number of aryl methyl sites for hydroxylation is 1. The number of hydrogen-bond acceptors (Lipinski definition) is 5. The van der Waals surface area contributed by atoms with Gasteiger partial charge in [-0.25, -0.2) is 8.42 Å². The molecule has 2 aromatic rings. The van der Waals surface area contributed by atoms with Crippen LogP contribution in [-0.4, -0.2) is 19.4 Å². The predicted octanol–water partition coefficient (Wildman–Crippen LogP) is 2.50.